The van der Waals surface area contributed by atoms with Crippen molar-refractivity contribution in [3.8, 4) is 5.75 Å². The summed E-state index contributed by atoms with van der Waals surface area (Å²) >= 11 is 0. The molecule has 2 N–H and O–H groups in total. The van der Waals surface area contributed by atoms with E-state index in [1.54, 1.807) is 0 Å². The van der Waals surface area contributed by atoms with Crippen molar-refractivity contribution < 1.29 is 9.47 Å². The largest absolute Gasteiger partial charge is 0.494 e. The lowest BCUT2D eigenvalue weighted by atomic mass is 10.2. The fraction of sp³-hybridized carbons (Fsp3) is 0.650. The Labute approximate surface area is 158 Å². The Morgan fingerprint density at radius 2 is 2.08 bits per heavy atom. The van der Waals surface area contributed by atoms with Crippen LogP contribution in [0.15, 0.2) is 29.3 Å². The smallest absolute Gasteiger partial charge is 0.191 e. The molecule has 1 heterocycles. The number of nitrogens with one attached hydrogen (secondary N) is 2. The summed E-state index contributed by atoms with van der Waals surface area (Å²) in [4.78, 5) is 7.17. The molecule has 6 heteroatoms. The van der Waals surface area contributed by atoms with Crippen LogP contribution < -0.4 is 15.4 Å². The van der Waals surface area contributed by atoms with Gasteiger partial charge in [-0.15, -0.1) is 0 Å². The van der Waals surface area contributed by atoms with Gasteiger partial charge in [-0.25, -0.2) is 4.99 Å². The molecule has 1 aromatic carbocycles. The van der Waals surface area contributed by atoms with E-state index in [-0.39, 0.29) is 0 Å². The molecule has 0 saturated carbocycles. The molecule has 0 aromatic heterocycles. The van der Waals surface area contributed by atoms with E-state index in [4.69, 9.17) is 14.5 Å². The van der Waals surface area contributed by atoms with Crippen molar-refractivity contribution in [1.82, 2.24) is 15.5 Å². The number of hydrogen-bond acceptors (Lipinski definition) is 4. The van der Waals surface area contributed by atoms with Crippen LogP contribution in [-0.2, 0) is 11.3 Å². The highest BCUT2D eigenvalue weighted by molar-refractivity contribution is 5.79. The first-order chi connectivity index (χ1) is 12.7. The van der Waals surface area contributed by atoms with Crippen molar-refractivity contribution in [2.24, 2.45) is 4.99 Å². The van der Waals surface area contributed by atoms with Crippen LogP contribution in [0, 0.1) is 0 Å². The van der Waals surface area contributed by atoms with E-state index in [1.165, 1.54) is 0 Å². The highest BCUT2D eigenvalue weighted by Gasteiger charge is 2.16. The topological polar surface area (TPSA) is 58.1 Å². The fourth-order valence-corrected chi connectivity index (χ4v) is 2.86. The number of rotatable bonds is 9. The summed E-state index contributed by atoms with van der Waals surface area (Å²) in [6.45, 7) is 13.2. The van der Waals surface area contributed by atoms with E-state index >= 15 is 0 Å². The van der Waals surface area contributed by atoms with Gasteiger partial charge in [0.25, 0.3) is 0 Å². The molecule has 146 valence electrons. The molecule has 0 spiro atoms. The summed E-state index contributed by atoms with van der Waals surface area (Å²) in [6.07, 6.45) is 1.01. The minimum absolute atomic E-state index is 0.452. The average molecular weight is 363 g/mol. The maximum absolute atomic E-state index is 5.70. The summed E-state index contributed by atoms with van der Waals surface area (Å²) in [5, 5.41) is 6.79. The summed E-state index contributed by atoms with van der Waals surface area (Å²) < 4.78 is 11.1. The normalized spacial score (nSPS) is 17.0. The van der Waals surface area contributed by atoms with E-state index in [0.717, 1.165) is 69.7 Å². The van der Waals surface area contributed by atoms with Crippen molar-refractivity contribution >= 4 is 5.96 Å². The summed E-state index contributed by atoms with van der Waals surface area (Å²) in [7, 11) is 0. The van der Waals surface area contributed by atoms with Crippen LogP contribution in [0.2, 0.25) is 0 Å². The van der Waals surface area contributed by atoms with Crippen LogP contribution in [0.3, 0.4) is 0 Å². The molecule has 0 radical (unpaired) electrons. The molecule has 6 nitrogen and oxygen atoms in total. The second-order valence-electron chi connectivity index (χ2n) is 6.57. The lowest BCUT2D eigenvalue weighted by Gasteiger charge is -2.32. The standard InChI is InChI=1S/C20H34N4O2/c1-4-11-26-19-8-6-7-18(14-19)16-23-20(21-5-2)22-15-17(3)24-9-12-25-13-10-24/h6-8,14,17H,4-5,9-13,15-16H2,1-3H3,(H2,21,22,23). The second kappa shape index (κ2) is 11.8. The van der Waals surface area contributed by atoms with Crippen LogP contribution >= 0.6 is 0 Å². The van der Waals surface area contributed by atoms with Crippen molar-refractivity contribution in [1.29, 1.82) is 0 Å². The van der Waals surface area contributed by atoms with Crippen molar-refractivity contribution in [3.05, 3.63) is 29.8 Å². The van der Waals surface area contributed by atoms with Crippen molar-refractivity contribution in [2.45, 2.75) is 39.8 Å². The van der Waals surface area contributed by atoms with Crippen LogP contribution in [0.1, 0.15) is 32.8 Å². The Hall–Kier alpha value is -1.79. The highest BCUT2D eigenvalue weighted by Crippen LogP contribution is 2.14. The second-order valence-corrected chi connectivity index (χ2v) is 6.57. The van der Waals surface area contributed by atoms with Gasteiger partial charge >= 0.3 is 0 Å². The number of hydrogen-bond donors (Lipinski definition) is 2. The zero-order valence-corrected chi connectivity index (χ0v) is 16.5. The lowest BCUT2D eigenvalue weighted by Crippen LogP contribution is -2.49. The molecule has 1 atom stereocenters. The highest BCUT2D eigenvalue weighted by atomic mass is 16.5. The van der Waals surface area contributed by atoms with Crippen LogP contribution in [0.5, 0.6) is 5.75 Å². The van der Waals surface area contributed by atoms with Gasteiger partial charge < -0.3 is 20.1 Å². The minimum Gasteiger partial charge on any atom is -0.494 e. The molecule has 0 bridgehead atoms. The SMILES string of the molecule is CCCOc1cccc(CN=C(NCC)NCC(C)N2CCOCC2)c1. The lowest BCUT2D eigenvalue weighted by molar-refractivity contribution is 0.0211. The molecular formula is C20H34N4O2. The quantitative estimate of drug-likeness (QED) is 0.521. The zero-order valence-electron chi connectivity index (χ0n) is 16.5. The first kappa shape index (κ1) is 20.5. The number of aliphatic imine (C=N–C) groups is 1. The van der Waals surface area contributed by atoms with Gasteiger partial charge in [-0.2, -0.15) is 0 Å². The van der Waals surface area contributed by atoms with Gasteiger partial charge in [0.2, 0.25) is 0 Å². The van der Waals surface area contributed by atoms with E-state index in [0.29, 0.717) is 12.6 Å². The number of guanidine groups is 1. The number of benzene rings is 1. The maximum Gasteiger partial charge on any atom is 0.191 e. The zero-order chi connectivity index (χ0) is 18.6. The third-order valence-corrected chi connectivity index (χ3v) is 4.37. The number of nitrogens with zero attached hydrogens (tertiary/aromatic N) is 2. The molecule has 1 aliphatic rings. The van der Waals surface area contributed by atoms with Gasteiger partial charge in [0.05, 0.1) is 26.4 Å². The first-order valence-corrected chi connectivity index (χ1v) is 9.78. The van der Waals surface area contributed by atoms with Crippen molar-refractivity contribution in [3.63, 3.8) is 0 Å². The number of morpholine rings is 1. The predicted octanol–water partition coefficient (Wildman–Crippen LogP) is 2.25. The molecule has 1 saturated heterocycles. The summed E-state index contributed by atoms with van der Waals surface area (Å²) in [5.41, 5.74) is 1.15. The van der Waals surface area contributed by atoms with Crippen LogP contribution in [0.25, 0.3) is 0 Å². The minimum atomic E-state index is 0.452. The maximum atomic E-state index is 5.70. The van der Waals surface area contributed by atoms with Gasteiger partial charge in [0.1, 0.15) is 5.75 Å². The average Bonchev–Trinajstić information content (AvgIpc) is 2.69. The van der Waals surface area contributed by atoms with Crippen LogP contribution in [-0.4, -0.2) is 62.9 Å². The molecule has 26 heavy (non-hydrogen) atoms. The van der Waals surface area contributed by atoms with E-state index in [9.17, 15) is 0 Å². The Balaban J connectivity index is 1.87. The van der Waals surface area contributed by atoms with E-state index in [1.807, 2.05) is 12.1 Å². The van der Waals surface area contributed by atoms with Gasteiger partial charge in [-0.05, 0) is 38.0 Å². The Kier molecular flexibility index (Phi) is 9.28. The molecular weight excluding hydrogens is 328 g/mol. The molecule has 1 aliphatic heterocycles. The summed E-state index contributed by atoms with van der Waals surface area (Å²) in [5.74, 6) is 1.77. The number of ether oxygens (including phenoxy) is 2. The Morgan fingerprint density at radius 1 is 1.27 bits per heavy atom. The molecule has 1 aromatic rings. The monoisotopic (exact) mass is 362 g/mol. The summed E-state index contributed by atoms with van der Waals surface area (Å²) in [6, 6.07) is 8.63. The molecule has 0 aliphatic carbocycles. The third-order valence-electron chi connectivity index (χ3n) is 4.37. The van der Waals surface area contributed by atoms with Crippen LogP contribution in [0.4, 0.5) is 0 Å². The van der Waals surface area contributed by atoms with E-state index in [2.05, 4.69) is 48.4 Å². The Morgan fingerprint density at radius 3 is 2.81 bits per heavy atom. The predicted molar refractivity (Wildman–Crippen MR) is 107 cm³/mol. The van der Waals surface area contributed by atoms with Crippen molar-refractivity contribution in [2.75, 3.05) is 46.0 Å². The van der Waals surface area contributed by atoms with Gasteiger partial charge in [0.15, 0.2) is 5.96 Å². The molecule has 1 fully saturated rings. The third kappa shape index (κ3) is 7.22. The molecule has 0 amide bonds. The van der Waals surface area contributed by atoms with Gasteiger partial charge in [-0.1, -0.05) is 19.1 Å². The van der Waals surface area contributed by atoms with Gasteiger partial charge in [0, 0.05) is 32.2 Å². The molecule has 1 unspecified atom stereocenters. The van der Waals surface area contributed by atoms with E-state index < -0.39 is 0 Å². The fourth-order valence-electron chi connectivity index (χ4n) is 2.86. The first-order valence-electron chi connectivity index (χ1n) is 9.78. The van der Waals surface area contributed by atoms with Gasteiger partial charge in [-0.3, -0.25) is 4.90 Å². The molecule has 2 rings (SSSR count). The Bertz CT molecular complexity index is 544.